The first kappa shape index (κ1) is 16.5. The summed E-state index contributed by atoms with van der Waals surface area (Å²) < 4.78 is 37.9. The van der Waals surface area contributed by atoms with E-state index in [-0.39, 0.29) is 11.6 Å². The van der Waals surface area contributed by atoms with Crippen LogP contribution in [0.1, 0.15) is 38.9 Å². The van der Waals surface area contributed by atoms with Crippen LogP contribution in [-0.2, 0) is 6.18 Å². The van der Waals surface area contributed by atoms with Gasteiger partial charge in [0.25, 0.3) is 0 Å². The van der Waals surface area contributed by atoms with Gasteiger partial charge in [0, 0.05) is 19.7 Å². The van der Waals surface area contributed by atoms with Crippen molar-refractivity contribution in [3.05, 3.63) is 11.9 Å². The fourth-order valence-corrected chi connectivity index (χ4v) is 1.69. The maximum absolute atomic E-state index is 12.6. The molecule has 0 aliphatic heterocycles. The lowest BCUT2D eigenvalue weighted by atomic mass is 10.1. The zero-order valence-electron chi connectivity index (χ0n) is 12.0. The lowest BCUT2D eigenvalue weighted by Crippen LogP contribution is -2.15. The molecule has 0 saturated carbocycles. The van der Waals surface area contributed by atoms with Crippen LogP contribution in [0.4, 0.5) is 24.8 Å². The average Bonchev–Trinajstić information content (AvgIpc) is 2.36. The number of aromatic nitrogens is 2. The fourth-order valence-electron chi connectivity index (χ4n) is 1.69. The molecular formula is C13H21F3N4. The highest BCUT2D eigenvalue weighted by Crippen LogP contribution is 2.28. The number of hydrogen-bond donors (Lipinski definition) is 2. The summed E-state index contributed by atoms with van der Waals surface area (Å²) in [5, 5.41) is 5.52. The van der Waals surface area contributed by atoms with E-state index in [4.69, 9.17) is 0 Å². The van der Waals surface area contributed by atoms with E-state index in [1.54, 1.807) is 0 Å². The third kappa shape index (κ3) is 5.63. The smallest absolute Gasteiger partial charge is 0.373 e. The Labute approximate surface area is 117 Å². The second-order valence-electron chi connectivity index (χ2n) is 5.03. The molecule has 0 amide bonds. The van der Waals surface area contributed by atoms with E-state index in [9.17, 15) is 13.2 Å². The molecule has 114 valence electrons. The van der Waals surface area contributed by atoms with Gasteiger partial charge in [-0.1, -0.05) is 26.7 Å². The third-order valence-electron chi connectivity index (χ3n) is 2.75. The van der Waals surface area contributed by atoms with E-state index in [0.717, 1.165) is 19.3 Å². The molecule has 20 heavy (non-hydrogen) atoms. The summed E-state index contributed by atoms with van der Waals surface area (Å²) in [5.41, 5.74) is 0. The van der Waals surface area contributed by atoms with E-state index >= 15 is 0 Å². The highest BCUT2D eigenvalue weighted by molar-refractivity contribution is 5.47. The summed E-state index contributed by atoms with van der Waals surface area (Å²) >= 11 is 0. The van der Waals surface area contributed by atoms with Gasteiger partial charge >= 0.3 is 6.18 Å². The maximum Gasteiger partial charge on any atom is 0.451 e. The Balaban J connectivity index is 2.61. The van der Waals surface area contributed by atoms with Crippen LogP contribution < -0.4 is 10.6 Å². The van der Waals surface area contributed by atoms with Crippen LogP contribution in [0, 0.1) is 5.92 Å². The van der Waals surface area contributed by atoms with Gasteiger partial charge in [-0.15, -0.1) is 0 Å². The largest absolute Gasteiger partial charge is 0.451 e. The lowest BCUT2D eigenvalue weighted by molar-refractivity contribution is -0.144. The van der Waals surface area contributed by atoms with Crippen molar-refractivity contribution in [2.24, 2.45) is 5.92 Å². The minimum absolute atomic E-state index is 0.150. The SMILES string of the molecule is CNc1cc(NCCCCC(C)C)nc(C(F)(F)F)n1. The van der Waals surface area contributed by atoms with Crippen LogP contribution in [0.15, 0.2) is 6.07 Å². The minimum Gasteiger partial charge on any atom is -0.373 e. The molecule has 0 bridgehead atoms. The van der Waals surface area contributed by atoms with Gasteiger partial charge in [-0.3, -0.25) is 0 Å². The Kier molecular flexibility index (Phi) is 6.04. The van der Waals surface area contributed by atoms with Crippen LogP contribution in [-0.4, -0.2) is 23.6 Å². The van der Waals surface area contributed by atoms with Crippen molar-refractivity contribution in [2.45, 2.75) is 39.3 Å². The Morgan fingerprint density at radius 1 is 1.15 bits per heavy atom. The van der Waals surface area contributed by atoms with Crippen molar-refractivity contribution in [3.63, 3.8) is 0 Å². The normalized spacial score (nSPS) is 11.8. The molecule has 7 heteroatoms. The van der Waals surface area contributed by atoms with Gasteiger partial charge in [0.05, 0.1) is 0 Å². The number of rotatable bonds is 7. The first-order valence-corrected chi connectivity index (χ1v) is 6.71. The van der Waals surface area contributed by atoms with E-state index in [2.05, 4.69) is 34.4 Å². The van der Waals surface area contributed by atoms with Crippen molar-refractivity contribution in [2.75, 3.05) is 24.2 Å². The Hall–Kier alpha value is -1.53. The third-order valence-corrected chi connectivity index (χ3v) is 2.75. The van der Waals surface area contributed by atoms with Gasteiger partial charge in [-0.2, -0.15) is 13.2 Å². The zero-order valence-corrected chi connectivity index (χ0v) is 12.0. The highest BCUT2D eigenvalue weighted by Gasteiger charge is 2.35. The van der Waals surface area contributed by atoms with E-state index in [0.29, 0.717) is 12.5 Å². The van der Waals surface area contributed by atoms with Crippen LogP contribution in [0.25, 0.3) is 0 Å². The number of halogens is 3. The van der Waals surface area contributed by atoms with Crippen LogP contribution >= 0.6 is 0 Å². The predicted octanol–water partition coefficient (Wildman–Crippen LogP) is 3.78. The molecule has 0 aliphatic carbocycles. The number of anilines is 2. The molecule has 1 heterocycles. The molecule has 0 unspecified atom stereocenters. The summed E-state index contributed by atoms with van der Waals surface area (Å²) in [6.45, 7) is 4.89. The lowest BCUT2D eigenvalue weighted by Gasteiger charge is -2.11. The predicted molar refractivity (Wildman–Crippen MR) is 73.8 cm³/mol. The van der Waals surface area contributed by atoms with Crippen molar-refractivity contribution in [3.8, 4) is 0 Å². The van der Waals surface area contributed by atoms with E-state index < -0.39 is 12.0 Å². The van der Waals surface area contributed by atoms with Crippen molar-refractivity contribution < 1.29 is 13.2 Å². The number of nitrogens with zero attached hydrogens (tertiary/aromatic N) is 2. The molecule has 4 nitrogen and oxygen atoms in total. The van der Waals surface area contributed by atoms with Crippen LogP contribution in [0.3, 0.4) is 0 Å². The van der Waals surface area contributed by atoms with Gasteiger partial charge < -0.3 is 10.6 Å². The molecule has 0 atom stereocenters. The molecule has 2 N–H and O–H groups in total. The molecule has 0 aliphatic rings. The summed E-state index contributed by atoms with van der Waals surface area (Å²) in [5.74, 6) is -0.144. The molecule has 1 rings (SSSR count). The minimum atomic E-state index is -4.54. The second kappa shape index (κ2) is 7.31. The van der Waals surface area contributed by atoms with Crippen molar-refractivity contribution in [1.82, 2.24) is 9.97 Å². The molecule has 0 aromatic carbocycles. The highest BCUT2D eigenvalue weighted by atomic mass is 19.4. The molecular weight excluding hydrogens is 269 g/mol. The molecule has 0 spiro atoms. The maximum atomic E-state index is 12.6. The van der Waals surface area contributed by atoms with E-state index in [1.165, 1.54) is 13.1 Å². The molecule has 1 aromatic rings. The fraction of sp³-hybridized carbons (Fsp3) is 0.692. The summed E-state index contributed by atoms with van der Waals surface area (Å²) in [6, 6.07) is 1.47. The molecule has 0 fully saturated rings. The first-order valence-electron chi connectivity index (χ1n) is 6.71. The molecule has 0 saturated heterocycles. The quantitative estimate of drug-likeness (QED) is 0.750. The zero-order chi connectivity index (χ0) is 15.2. The van der Waals surface area contributed by atoms with Crippen LogP contribution in [0.5, 0.6) is 0 Å². The number of alkyl halides is 3. The number of nitrogens with one attached hydrogen (secondary N) is 2. The monoisotopic (exact) mass is 290 g/mol. The van der Waals surface area contributed by atoms with E-state index in [1.807, 2.05) is 0 Å². The number of unbranched alkanes of at least 4 members (excludes halogenated alkanes) is 1. The van der Waals surface area contributed by atoms with Gasteiger partial charge in [0.15, 0.2) is 0 Å². The van der Waals surface area contributed by atoms with Gasteiger partial charge in [0.2, 0.25) is 5.82 Å². The first-order chi connectivity index (χ1) is 9.32. The Morgan fingerprint density at radius 3 is 2.35 bits per heavy atom. The Morgan fingerprint density at radius 2 is 1.80 bits per heavy atom. The molecule has 1 aromatic heterocycles. The standard InChI is InChI=1S/C13H21F3N4/c1-9(2)6-4-5-7-18-11-8-10(17-3)19-12(20-11)13(14,15)16/h8-9H,4-7H2,1-3H3,(H2,17,18,19,20). The van der Waals surface area contributed by atoms with Crippen molar-refractivity contribution in [1.29, 1.82) is 0 Å². The van der Waals surface area contributed by atoms with Crippen molar-refractivity contribution >= 4 is 11.6 Å². The van der Waals surface area contributed by atoms with Gasteiger partial charge in [-0.25, -0.2) is 9.97 Å². The van der Waals surface area contributed by atoms with Gasteiger partial charge in [-0.05, 0) is 12.3 Å². The Bertz CT molecular complexity index is 419. The summed E-state index contributed by atoms with van der Waals surface area (Å²) in [6.07, 6.45) is -1.48. The topological polar surface area (TPSA) is 49.8 Å². The van der Waals surface area contributed by atoms with Crippen LogP contribution in [0.2, 0.25) is 0 Å². The summed E-state index contributed by atoms with van der Waals surface area (Å²) in [4.78, 5) is 6.90. The summed E-state index contributed by atoms with van der Waals surface area (Å²) in [7, 11) is 1.52. The van der Waals surface area contributed by atoms with Gasteiger partial charge in [0.1, 0.15) is 11.6 Å². The average molecular weight is 290 g/mol. The molecule has 0 radical (unpaired) electrons. The second-order valence-corrected chi connectivity index (χ2v) is 5.03. The number of hydrogen-bond acceptors (Lipinski definition) is 4.